The summed E-state index contributed by atoms with van der Waals surface area (Å²) in [5, 5.41) is 0. The van der Waals surface area contributed by atoms with Crippen molar-refractivity contribution in [1.82, 2.24) is 4.98 Å². The third-order valence-electron chi connectivity index (χ3n) is 3.87. The Morgan fingerprint density at radius 3 is 2.36 bits per heavy atom. The minimum absolute atomic E-state index is 0.149. The molecule has 1 heterocycles. The highest BCUT2D eigenvalue weighted by Crippen LogP contribution is 2.29. The van der Waals surface area contributed by atoms with Crippen LogP contribution in [0.5, 0.6) is 5.75 Å². The van der Waals surface area contributed by atoms with Crippen molar-refractivity contribution in [3.63, 3.8) is 0 Å². The molecular weight excluding hydrogens is 274 g/mol. The second kappa shape index (κ2) is 6.48. The number of oxazole rings is 1. The Kier molecular flexibility index (Phi) is 4.24. The summed E-state index contributed by atoms with van der Waals surface area (Å²) >= 11 is 0. The first kappa shape index (κ1) is 14.4. The number of aromatic nitrogens is 1. The van der Waals surface area contributed by atoms with Gasteiger partial charge in [-0.05, 0) is 36.6 Å². The second-order valence-corrected chi connectivity index (χ2v) is 5.42. The molecular formula is C19H19NO2. The molecule has 0 aliphatic rings. The van der Waals surface area contributed by atoms with Crippen LogP contribution in [0.25, 0.3) is 0 Å². The van der Waals surface area contributed by atoms with E-state index in [9.17, 15) is 0 Å². The van der Waals surface area contributed by atoms with Gasteiger partial charge in [-0.15, -0.1) is 0 Å². The quantitative estimate of drug-likeness (QED) is 0.701. The molecule has 3 heteroatoms. The molecule has 0 amide bonds. The van der Waals surface area contributed by atoms with E-state index < -0.39 is 0 Å². The number of aryl methyl sites for hydroxylation is 1. The molecule has 3 aromatic rings. The van der Waals surface area contributed by atoms with Crippen molar-refractivity contribution >= 4 is 0 Å². The van der Waals surface area contributed by atoms with E-state index in [2.05, 4.69) is 48.3 Å². The van der Waals surface area contributed by atoms with Gasteiger partial charge in [-0.3, -0.25) is 0 Å². The molecule has 1 atom stereocenters. The van der Waals surface area contributed by atoms with Crippen molar-refractivity contribution in [2.75, 3.05) is 7.11 Å². The molecule has 1 unspecified atom stereocenters. The topological polar surface area (TPSA) is 35.3 Å². The smallest absolute Gasteiger partial charge is 0.180 e. The zero-order valence-corrected chi connectivity index (χ0v) is 12.8. The van der Waals surface area contributed by atoms with Crippen molar-refractivity contribution in [2.24, 2.45) is 0 Å². The number of nitrogens with zero attached hydrogens (tertiary/aromatic N) is 1. The van der Waals surface area contributed by atoms with Gasteiger partial charge in [-0.2, -0.15) is 0 Å². The lowest BCUT2D eigenvalue weighted by atomic mass is 9.90. The van der Waals surface area contributed by atoms with Gasteiger partial charge in [0.25, 0.3) is 0 Å². The van der Waals surface area contributed by atoms with Gasteiger partial charge in [0.1, 0.15) is 11.5 Å². The van der Waals surface area contributed by atoms with E-state index in [0.29, 0.717) is 0 Å². The molecule has 0 spiro atoms. The Hall–Kier alpha value is -2.55. The van der Waals surface area contributed by atoms with Crippen molar-refractivity contribution < 1.29 is 9.15 Å². The fraction of sp³-hybridized carbons (Fsp3) is 0.211. The summed E-state index contributed by atoms with van der Waals surface area (Å²) in [4.78, 5) is 4.07. The Bertz CT molecular complexity index is 700. The average molecular weight is 293 g/mol. The number of methoxy groups -OCH3 is 1. The van der Waals surface area contributed by atoms with Crippen LogP contribution < -0.4 is 4.74 Å². The number of hydrogen-bond acceptors (Lipinski definition) is 3. The van der Waals surface area contributed by atoms with Gasteiger partial charge in [-0.1, -0.05) is 42.0 Å². The first-order valence-corrected chi connectivity index (χ1v) is 7.34. The molecule has 0 aliphatic carbocycles. The zero-order valence-electron chi connectivity index (χ0n) is 12.8. The standard InChI is InChI=1S/C19H19NO2/c1-14-3-5-15(6-4-14)11-18(19-12-20-13-22-19)16-7-9-17(21-2)10-8-16/h3-10,12-13,18H,11H2,1-2H3. The summed E-state index contributed by atoms with van der Waals surface area (Å²) in [5.74, 6) is 1.89. The van der Waals surface area contributed by atoms with Crippen molar-refractivity contribution in [3.8, 4) is 5.75 Å². The lowest BCUT2D eigenvalue weighted by molar-refractivity contribution is 0.414. The van der Waals surface area contributed by atoms with E-state index in [4.69, 9.17) is 9.15 Å². The average Bonchev–Trinajstić information content (AvgIpc) is 3.09. The lowest BCUT2D eigenvalue weighted by Gasteiger charge is -2.15. The van der Waals surface area contributed by atoms with Crippen LogP contribution in [-0.4, -0.2) is 12.1 Å². The van der Waals surface area contributed by atoms with Gasteiger partial charge >= 0.3 is 0 Å². The van der Waals surface area contributed by atoms with Gasteiger partial charge in [0, 0.05) is 5.92 Å². The number of hydrogen-bond donors (Lipinski definition) is 0. The van der Waals surface area contributed by atoms with E-state index in [0.717, 1.165) is 17.9 Å². The summed E-state index contributed by atoms with van der Waals surface area (Å²) in [7, 11) is 1.68. The Balaban J connectivity index is 1.91. The maximum absolute atomic E-state index is 5.56. The molecule has 1 aromatic heterocycles. The van der Waals surface area contributed by atoms with Crippen molar-refractivity contribution in [2.45, 2.75) is 19.3 Å². The molecule has 3 nitrogen and oxygen atoms in total. The molecule has 0 radical (unpaired) electrons. The first-order chi connectivity index (χ1) is 10.8. The SMILES string of the molecule is COc1ccc(C(Cc2ccc(C)cc2)c2cnco2)cc1. The zero-order chi connectivity index (χ0) is 15.4. The van der Waals surface area contributed by atoms with Crippen LogP contribution in [-0.2, 0) is 6.42 Å². The van der Waals surface area contributed by atoms with Gasteiger partial charge in [0.2, 0.25) is 0 Å². The Morgan fingerprint density at radius 1 is 1.05 bits per heavy atom. The molecule has 2 aromatic carbocycles. The third kappa shape index (κ3) is 3.19. The van der Waals surface area contributed by atoms with E-state index in [1.165, 1.54) is 23.1 Å². The van der Waals surface area contributed by atoms with Crippen LogP contribution in [0.4, 0.5) is 0 Å². The number of ether oxygens (including phenoxy) is 1. The van der Waals surface area contributed by atoms with Crippen molar-refractivity contribution in [1.29, 1.82) is 0 Å². The molecule has 0 fully saturated rings. The van der Waals surface area contributed by atoms with Crippen LogP contribution in [0.15, 0.2) is 65.5 Å². The van der Waals surface area contributed by atoms with Gasteiger partial charge in [0.05, 0.1) is 13.3 Å². The molecule has 22 heavy (non-hydrogen) atoms. The van der Waals surface area contributed by atoms with Crippen LogP contribution in [0.2, 0.25) is 0 Å². The van der Waals surface area contributed by atoms with E-state index in [1.807, 2.05) is 12.1 Å². The molecule has 0 bridgehead atoms. The van der Waals surface area contributed by atoms with Crippen LogP contribution >= 0.6 is 0 Å². The summed E-state index contributed by atoms with van der Waals surface area (Å²) in [6.45, 7) is 2.10. The monoisotopic (exact) mass is 293 g/mol. The van der Waals surface area contributed by atoms with E-state index in [1.54, 1.807) is 13.3 Å². The van der Waals surface area contributed by atoms with E-state index >= 15 is 0 Å². The Labute approximate surface area is 130 Å². The van der Waals surface area contributed by atoms with Crippen LogP contribution in [0.3, 0.4) is 0 Å². The van der Waals surface area contributed by atoms with Crippen LogP contribution in [0, 0.1) is 6.92 Å². The highest BCUT2D eigenvalue weighted by molar-refractivity contribution is 5.35. The summed E-state index contributed by atoms with van der Waals surface area (Å²) in [6.07, 6.45) is 4.16. The molecule has 0 saturated heterocycles. The number of rotatable bonds is 5. The predicted molar refractivity (Wildman–Crippen MR) is 86.2 cm³/mol. The normalized spacial score (nSPS) is 12.1. The fourth-order valence-electron chi connectivity index (χ4n) is 2.58. The minimum atomic E-state index is 0.149. The maximum atomic E-state index is 5.56. The number of benzene rings is 2. The molecule has 112 valence electrons. The molecule has 0 N–H and O–H groups in total. The molecule has 0 saturated carbocycles. The Morgan fingerprint density at radius 2 is 1.77 bits per heavy atom. The van der Waals surface area contributed by atoms with Gasteiger partial charge in [0.15, 0.2) is 6.39 Å². The lowest BCUT2D eigenvalue weighted by Crippen LogP contribution is -2.04. The van der Waals surface area contributed by atoms with Crippen molar-refractivity contribution in [3.05, 3.63) is 83.6 Å². The second-order valence-electron chi connectivity index (χ2n) is 5.42. The minimum Gasteiger partial charge on any atom is -0.497 e. The first-order valence-electron chi connectivity index (χ1n) is 7.34. The third-order valence-corrected chi connectivity index (χ3v) is 3.87. The predicted octanol–water partition coefficient (Wildman–Crippen LogP) is 4.37. The highest BCUT2D eigenvalue weighted by Gasteiger charge is 2.18. The highest BCUT2D eigenvalue weighted by atomic mass is 16.5. The summed E-state index contributed by atoms with van der Waals surface area (Å²) in [6, 6.07) is 16.7. The summed E-state index contributed by atoms with van der Waals surface area (Å²) in [5.41, 5.74) is 3.74. The van der Waals surface area contributed by atoms with Gasteiger partial charge in [-0.25, -0.2) is 4.98 Å². The fourth-order valence-corrected chi connectivity index (χ4v) is 2.58. The van der Waals surface area contributed by atoms with Gasteiger partial charge < -0.3 is 9.15 Å². The molecule has 0 aliphatic heterocycles. The summed E-state index contributed by atoms with van der Waals surface area (Å²) < 4.78 is 10.8. The largest absolute Gasteiger partial charge is 0.497 e. The van der Waals surface area contributed by atoms with Crippen LogP contribution in [0.1, 0.15) is 28.4 Å². The maximum Gasteiger partial charge on any atom is 0.180 e. The molecule has 3 rings (SSSR count). The van der Waals surface area contributed by atoms with E-state index in [-0.39, 0.29) is 5.92 Å².